The molecule has 1 aliphatic carbocycles. The van der Waals surface area contributed by atoms with Crippen molar-refractivity contribution in [2.75, 3.05) is 37.6 Å². The molecule has 2 heterocycles. The van der Waals surface area contributed by atoms with Crippen molar-refractivity contribution in [2.45, 2.75) is 50.7 Å². The molecule has 0 aromatic heterocycles. The molecule has 204 valence electrons. The zero-order valence-corrected chi connectivity index (χ0v) is 21.2. The number of carbonyl (C=O) groups excluding carboxylic acids is 2. The largest absolute Gasteiger partial charge is 0.490 e. The van der Waals surface area contributed by atoms with E-state index in [1.165, 1.54) is 30.6 Å². The second-order valence-corrected chi connectivity index (χ2v) is 9.79. The first kappa shape index (κ1) is 27.5. The molecule has 2 amide bonds. The van der Waals surface area contributed by atoms with Gasteiger partial charge in [-0.1, -0.05) is 12.8 Å². The molecular weight excluding hydrogens is 496 g/mol. The highest BCUT2D eigenvalue weighted by atomic mass is 19.1. The van der Waals surface area contributed by atoms with Gasteiger partial charge in [0.1, 0.15) is 30.0 Å². The van der Waals surface area contributed by atoms with Crippen LogP contribution in [0, 0.1) is 11.6 Å². The lowest BCUT2D eigenvalue weighted by molar-refractivity contribution is -0.123. The average Bonchev–Trinajstić information content (AvgIpc) is 3.45. The molecule has 5 rings (SSSR count). The van der Waals surface area contributed by atoms with Crippen LogP contribution in [0.5, 0.6) is 5.75 Å². The van der Waals surface area contributed by atoms with Crippen LogP contribution in [0.2, 0.25) is 0 Å². The van der Waals surface area contributed by atoms with Gasteiger partial charge in [0.15, 0.2) is 0 Å². The zero-order chi connectivity index (χ0) is 27.1. The summed E-state index contributed by atoms with van der Waals surface area (Å²) in [6.07, 6.45) is 7.64. The van der Waals surface area contributed by atoms with Crippen LogP contribution in [0.1, 0.15) is 48.9 Å². The first-order valence-corrected chi connectivity index (χ1v) is 13.0. The Hall–Kier alpha value is -3.53. The number of piperidine rings is 1. The zero-order valence-electron chi connectivity index (χ0n) is 21.2. The van der Waals surface area contributed by atoms with E-state index in [2.05, 4.69) is 4.90 Å². The van der Waals surface area contributed by atoms with E-state index in [1.54, 1.807) is 4.90 Å². The Kier molecular flexibility index (Phi) is 9.28. The van der Waals surface area contributed by atoms with Gasteiger partial charge in [-0.25, -0.2) is 8.78 Å². The van der Waals surface area contributed by atoms with Gasteiger partial charge in [-0.3, -0.25) is 14.4 Å². The Morgan fingerprint density at radius 3 is 2.21 bits per heavy atom. The molecule has 3 aliphatic rings. The highest BCUT2D eigenvalue weighted by Crippen LogP contribution is 2.28. The molecule has 2 aliphatic heterocycles. The van der Waals surface area contributed by atoms with Gasteiger partial charge in [-0.15, -0.1) is 0 Å². The normalized spacial score (nSPS) is 19.2. The average molecular weight is 530 g/mol. The highest BCUT2D eigenvalue weighted by molar-refractivity contribution is 6.01. The highest BCUT2D eigenvalue weighted by Gasteiger charge is 2.30. The fourth-order valence-corrected chi connectivity index (χ4v) is 5.48. The maximum absolute atomic E-state index is 14.0. The van der Waals surface area contributed by atoms with Gasteiger partial charge < -0.3 is 24.5 Å². The van der Waals surface area contributed by atoms with Gasteiger partial charge in [-0.05, 0) is 62.1 Å². The van der Waals surface area contributed by atoms with Gasteiger partial charge in [0, 0.05) is 44.0 Å². The predicted molar refractivity (Wildman–Crippen MR) is 137 cm³/mol. The number of piperazine rings is 1. The van der Waals surface area contributed by atoms with Crippen LogP contribution >= 0.6 is 0 Å². The van der Waals surface area contributed by atoms with E-state index in [4.69, 9.17) is 14.6 Å². The van der Waals surface area contributed by atoms with Crippen molar-refractivity contribution in [3.8, 4) is 5.75 Å². The van der Waals surface area contributed by atoms with Crippen LogP contribution < -0.4 is 9.64 Å². The van der Waals surface area contributed by atoms with Gasteiger partial charge >= 0.3 is 0 Å². The van der Waals surface area contributed by atoms with E-state index in [9.17, 15) is 18.4 Å². The van der Waals surface area contributed by atoms with Crippen molar-refractivity contribution >= 4 is 24.0 Å². The molecule has 0 atom stereocenters. The van der Waals surface area contributed by atoms with E-state index in [-0.39, 0.29) is 37.1 Å². The number of likely N-dealkylation sites (tertiary alicyclic amines) is 1. The summed E-state index contributed by atoms with van der Waals surface area (Å²) in [6.45, 7) is 2.33. The molecule has 1 saturated carbocycles. The molecule has 2 aromatic carbocycles. The molecule has 0 bridgehead atoms. The third kappa shape index (κ3) is 6.66. The third-order valence-corrected chi connectivity index (χ3v) is 7.44. The van der Waals surface area contributed by atoms with Gasteiger partial charge in [0.05, 0.1) is 5.56 Å². The van der Waals surface area contributed by atoms with Crippen LogP contribution in [-0.4, -0.2) is 78.1 Å². The number of halogens is 2. The first-order valence-electron chi connectivity index (χ1n) is 13.0. The van der Waals surface area contributed by atoms with Crippen LogP contribution in [0.4, 0.5) is 14.5 Å². The number of hydrogen-bond donors (Lipinski definition) is 1. The lowest BCUT2D eigenvalue weighted by Gasteiger charge is -2.36. The first-order chi connectivity index (χ1) is 18.4. The number of benzene rings is 2. The van der Waals surface area contributed by atoms with E-state index >= 15 is 0 Å². The maximum atomic E-state index is 14.0. The van der Waals surface area contributed by atoms with Gasteiger partial charge in [0.25, 0.3) is 12.4 Å². The summed E-state index contributed by atoms with van der Waals surface area (Å²) in [5.74, 6) is -1.74. The summed E-state index contributed by atoms with van der Waals surface area (Å²) in [5, 5.41) is 6.89. The fourth-order valence-electron chi connectivity index (χ4n) is 5.48. The smallest absolute Gasteiger partial charge is 0.290 e. The van der Waals surface area contributed by atoms with E-state index < -0.39 is 17.5 Å². The van der Waals surface area contributed by atoms with Crippen molar-refractivity contribution in [2.24, 2.45) is 0 Å². The summed E-state index contributed by atoms with van der Waals surface area (Å²) in [7, 11) is 0. The predicted octanol–water partition coefficient (Wildman–Crippen LogP) is 3.94. The van der Waals surface area contributed by atoms with Crippen LogP contribution in [0.3, 0.4) is 0 Å². The minimum absolute atomic E-state index is 0.159. The molecule has 8 nitrogen and oxygen atoms in total. The molecule has 0 radical (unpaired) electrons. The fraction of sp³-hybridized carbons (Fsp3) is 0.464. The molecule has 2 saturated heterocycles. The Balaban J connectivity index is 0.00000107. The van der Waals surface area contributed by atoms with Crippen molar-refractivity contribution in [1.29, 1.82) is 0 Å². The number of amides is 2. The van der Waals surface area contributed by atoms with Gasteiger partial charge in [0.2, 0.25) is 5.91 Å². The van der Waals surface area contributed by atoms with Gasteiger partial charge in [-0.2, -0.15) is 0 Å². The van der Waals surface area contributed by atoms with Crippen LogP contribution in [-0.2, 0) is 9.59 Å². The molecule has 2 aromatic rings. The summed E-state index contributed by atoms with van der Waals surface area (Å²) in [5.41, 5.74) is 0.502. The number of ether oxygens (including phenoxy) is 1. The van der Waals surface area contributed by atoms with Crippen molar-refractivity contribution < 1.29 is 33.0 Å². The lowest BCUT2D eigenvalue weighted by Crippen LogP contribution is -2.52. The summed E-state index contributed by atoms with van der Waals surface area (Å²) in [4.78, 5) is 39.3. The molecule has 38 heavy (non-hydrogen) atoms. The third-order valence-electron chi connectivity index (χ3n) is 7.44. The summed E-state index contributed by atoms with van der Waals surface area (Å²) in [6, 6.07) is 11.1. The maximum Gasteiger partial charge on any atom is 0.290 e. The summed E-state index contributed by atoms with van der Waals surface area (Å²) < 4.78 is 33.4. The van der Waals surface area contributed by atoms with E-state index in [1.807, 2.05) is 24.3 Å². The Morgan fingerprint density at radius 1 is 0.947 bits per heavy atom. The second kappa shape index (κ2) is 12.8. The number of nitrogens with zero attached hydrogens (tertiary/aromatic N) is 3. The summed E-state index contributed by atoms with van der Waals surface area (Å²) >= 11 is 0. The molecular formula is C28H33F2N3O5. The lowest BCUT2D eigenvalue weighted by atomic mass is 10.0. The number of hydrogen-bond acceptors (Lipinski definition) is 5. The quantitative estimate of drug-likeness (QED) is 0.591. The van der Waals surface area contributed by atoms with E-state index in [0.717, 1.165) is 55.5 Å². The Bertz CT molecular complexity index is 1120. The minimum atomic E-state index is -0.926. The van der Waals surface area contributed by atoms with Crippen molar-refractivity contribution in [3.63, 3.8) is 0 Å². The topological polar surface area (TPSA) is 90.4 Å². The number of rotatable bonds is 5. The molecule has 3 fully saturated rings. The van der Waals surface area contributed by atoms with E-state index in [0.29, 0.717) is 12.6 Å². The Morgan fingerprint density at radius 2 is 1.61 bits per heavy atom. The molecule has 1 N–H and O–H groups in total. The molecule has 10 heteroatoms. The number of carbonyl (C=O) groups is 3. The van der Waals surface area contributed by atoms with Crippen LogP contribution in [0.15, 0.2) is 42.5 Å². The monoisotopic (exact) mass is 529 g/mol. The minimum Gasteiger partial charge on any atom is -0.490 e. The second-order valence-electron chi connectivity index (χ2n) is 9.79. The standard InChI is InChI=1S/C27H31F2N3O3.CH2O2/c28-19-5-10-24(25(29)17-19)27(34)31-15-16-32(26(33)18-31)21-6-8-22(9-7-21)35-23-11-13-30(14-12-23)20-3-1-2-4-20;2-1-3/h5-10,17,20,23H,1-4,11-16,18H2;1H,(H,2,3). The molecule has 0 spiro atoms. The molecule has 0 unspecified atom stereocenters. The van der Waals surface area contributed by atoms with Crippen molar-refractivity contribution in [1.82, 2.24) is 9.80 Å². The van der Waals surface area contributed by atoms with Crippen molar-refractivity contribution in [3.05, 3.63) is 59.7 Å². The number of carboxylic acid groups (broad SMARTS) is 1. The Labute approximate surface area is 220 Å². The SMILES string of the molecule is O=C(c1ccc(F)cc1F)N1CCN(c2ccc(OC3CCN(C4CCCC4)CC3)cc2)C(=O)C1.O=CO. The number of anilines is 1. The van der Waals surface area contributed by atoms with Crippen LogP contribution in [0.25, 0.3) is 0 Å².